The summed E-state index contributed by atoms with van der Waals surface area (Å²) in [5.74, 6) is 0. The maximum Gasteiger partial charge on any atom is 0.181 e. The maximum absolute atomic E-state index is 5.31. The Balaban J connectivity index is 1.43. The number of fused-ring (bicyclic) bond motifs is 1. The fourth-order valence-electron chi connectivity index (χ4n) is 2.69. The molecule has 1 aromatic carbocycles. The quantitative estimate of drug-likeness (QED) is 0.810. The zero-order valence-electron chi connectivity index (χ0n) is 11.2. The van der Waals surface area contributed by atoms with E-state index in [1.807, 2.05) is 6.07 Å². The van der Waals surface area contributed by atoms with Crippen LogP contribution in [-0.2, 0) is 6.54 Å². The second-order valence-corrected chi connectivity index (χ2v) is 5.27. The van der Waals surface area contributed by atoms with Crippen molar-refractivity contribution in [2.24, 2.45) is 0 Å². The topological polar surface area (TPSA) is 50.1 Å². The van der Waals surface area contributed by atoms with E-state index in [9.17, 15) is 0 Å². The van der Waals surface area contributed by atoms with Gasteiger partial charge in [0.2, 0.25) is 0 Å². The van der Waals surface area contributed by atoms with Crippen molar-refractivity contribution in [1.82, 2.24) is 15.6 Å². The van der Waals surface area contributed by atoms with E-state index >= 15 is 0 Å². The number of piperidine rings is 1. The Bertz CT molecular complexity index is 517. The number of hydrogen-bond acceptors (Lipinski definition) is 4. The van der Waals surface area contributed by atoms with Crippen molar-refractivity contribution < 1.29 is 4.42 Å². The van der Waals surface area contributed by atoms with Crippen LogP contribution in [0.3, 0.4) is 0 Å². The van der Waals surface area contributed by atoms with Crippen LogP contribution in [0.15, 0.2) is 29.0 Å². The lowest BCUT2D eigenvalue weighted by Gasteiger charge is -2.23. The lowest BCUT2D eigenvalue weighted by molar-refractivity contribution is 0.376. The Hall–Kier alpha value is -1.39. The van der Waals surface area contributed by atoms with Crippen LogP contribution in [0, 0.1) is 0 Å². The Morgan fingerprint density at radius 1 is 1.37 bits per heavy atom. The third kappa shape index (κ3) is 3.33. The highest BCUT2D eigenvalue weighted by molar-refractivity contribution is 5.72. The summed E-state index contributed by atoms with van der Waals surface area (Å²) < 4.78 is 5.31. The van der Waals surface area contributed by atoms with Crippen molar-refractivity contribution >= 4 is 11.1 Å². The normalized spacial score (nSPS) is 19.9. The summed E-state index contributed by atoms with van der Waals surface area (Å²) in [6, 6.07) is 6.89. The van der Waals surface area contributed by atoms with Gasteiger partial charge < -0.3 is 15.1 Å². The van der Waals surface area contributed by atoms with Gasteiger partial charge in [0.05, 0.1) is 0 Å². The van der Waals surface area contributed by atoms with Gasteiger partial charge in [0.1, 0.15) is 5.52 Å². The summed E-state index contributed by atoms with van der Waals surface area (Å²) in [5, 5.41) is 7.08. The average Bonchev–Trinajstić information content (AvgIpc) is 2.92. The van der Waals surface area contributed by atoms with Gasteiger partial charge in [-0.3, -0.25) is 0 Å². The van der Waals surface area contributed by atoms with Crippen molar-refractivity contribution in [2.75, 3.05) is 13.1 Å². The highest BCUT2D eigenvalue weighted by Crippen LogP contribution is 2.14. The first kappa shape index (κ1) is 12.6. The molecule has 0 bridgehead atoms. The number of rotatable bonds is 5. The van der Waals surface area contributed by atoms with Crippen LogP contribution in [0.4, 0.5) is 0 Å². The third-order valence-electron chi connectivity index (χ3n) is 3.81. The molecular weight excluding hydrogens is 238 g/mol. The molecule has 0 spiro atoms. The molecule has 1 atom stereocenters. The Morgan fingerprint density at radius 3 is 3.26 bits per heavy atom. The van der Waals surface area contributed by atoms with E-state index in [4.69, 9.17) is 4.42 Å². The summed E-state index contributed by atoms with van der Waals surface area (Å²) in [5.41, 5.74) is 3.05. The monoisotopic (exact) mass is 259 g/mol. The van der Waals surface area contributed by atoms with Crippen LogP contribution in [0.5, 0.6) is 0 Å². The molecule has 1 fully saturated rings. The first-order valence-electron chi connectivity index (χ1n) is 7.18. The summed E-state index contributed by atoms with van der Waals surface area (Å²) in [6.45, 7) is 3.14. The van der Waals surface area contributed by atoms with Crippen LogP contribution >= 0.6 is 0 Å². The number of hydrogen-bond donors (Lipinski definition) is 2. The second-order valence-electron chi connectivity index (χ2n) is 5.27. The molecule has 102 valence electrons. The number of oxazole rings is 1. The van der Waals surface area contributed by atoms with E-state index in [1.165, 1.54) is 44.2 Å². The van der Waals surface area contributed by atoms with Gasteiger partial charge in [0.25, 0.3) is 0 Å². The van der Waals surface area contributed by atoms with Crippen LogP contribution in [0.1, 0.15) is 31.2 Å². The van der Waals surface area contributed by atoms with Crippen molar-refractivity contribution in [3.8, 4) is 0 Å². The van der Waals surface area contributed by atoms with E-state index in [0.29, 0.717) is 6.04 Å². The lowest BCUT2D eigenvalue weighted by Crippen LogP contribution is -2.36. The first-order valence-corrected chi connectivity index (χ1v) is 7.18. The Labute approximate surface area is 113 Å². The van der Waals surface area contributed by atoms with Gasteiger partial charge in [0.15, 0.2) is 12.0 Å². The minimum atomic E-state index is 0.706. The number of nitrogens with one attached hydrogen (secondary N) is 2. The van der Waals surface area contributed by atoms with Crippen LogP contribution < -0.4 is 10.6 Å². The molecule has 4 nitrogen and oxygen atoms in total. The molecule has 0 radical (unpaired) electrons. The second kappa shape index (κ2) is 6.17. The SMILES string of the molecule is c1nc2ccc(CNCCC3CCCCN3)cc2o1. The van der Waals surface area contributed by atoms with Gasteiger partial charge >= 0.3 is 0 Å². The summed E-state index contributed by atoms with van der Waals surface area (Å²) in [6.07, 6.45) is 6.74. The number of benzene rings is 1. The molecule has 1 aromatic heterocycles. The molecular formula is C15H21N3O. The molecule has 1 saturated heterocycles. The highest BCUT2D eigenvalue weighted by atomic mass is 16.3. The van der Waals surface area contributed by atoms with E-state index in [-0.39, 0.29) is 0 Å². The smallest absolute Gasteiger partial charge is 0.181 e. The van der Waals surface area contributed by atoms with Gasteiger partial charge in [-0.25, -0.2) is 4.98 Å². The zero-order valence-corrected chi connectivity index (χ0v) is 11.2. The van der Waals surface area contributed by atoms with Gasteiger partial charge in [-0.15, -0.1) is 0 Å². The van der Waals surface area contributed by atoms with E-state index in [2.05, 4.69) is 27.8 Å². The van der Waals surface area contributed by atoms with Crippen molar-refractivity contribution in [2.45, 2.75) is 38.3 Å². The summed E-state index contributed by atoms with van der Waals surface area (Å²) >= 11 is 0. The predicted molar refractivity (Wildman–Crippen MR) is 76.0 cm³/mol. The average molecular weight is 259 g/mol. The van der Waals surface area contributed by atoms with Crippen LogP contribution in [-0.4, -0.2) is 24.1 Å². The Kier molecular flexibility index (Phi) is 4.10. The molecule has 2 aromatic rings. The fourth-order valence-corrected chi connectivity index (χ4v) is 2.69. The minimum Gasteiger partial charge on any atom is -0.443 e. The Morgan fingerprint density at radius 2 is 2.37 bits per heavy atom. The molecule has 0 amide bonds. The van der Waals surface area contributed by atoms with E-state index < -0.39 is 0 Å². The van der Waals surface area contributed by atoms with Crippen LogP contribution in [0.2, 0.25) is 0 Å². The molecule has 0 saturated carbocycles. The minimum absolute atomic E-state index is 0.706. The van der Waals surface area contributed by atoms with Crippen molar-refractivity contribution in [3.63, 3.8) is 0 Å². The highest BCUT2D eigenvalue weighted by Gasteiger charge is 2.11. The zero-order chi connectivity index (χ0) is 12.9. The first-order chi connectivity index (χ1) is 9.42. The fraction of sp³-hybridized carbons (Fsp3) is 0.533. The molecule has 0 aliphatic carbocycles. The van der Waals surface area contributed by atoms with Gasteiger partial charge in [0, 0.05) is 12.6 Å². The largest absolute Gasteiger partial charge is 0.443 e. The molecule has 1 aliphatic rings. The van der Waals surface area contributed by atoms with Gasteiger partial charge in [-0.1, -0.05) is 12.5 Å². The van der Waals surface area contributed by atoms with Crippen LogP contribution in [0.25, 0.3) is 11.1 Å². The summed E-state index contributed by atoms with van der Waals surface area (Å²) in [4.78, 5) is 4.12. The number of aromatic nitrogens is 1. The lowest BCUT2D eigenvalue weighted by atomic mass is 10.0. The van der Waals surface area contributed by atoms with E-state index in [0.717, 1.165) is 24.2 Å². The number of nitrogens with zero attached hydrogens (tertiary/aromatic N) is 1. The third-order valence-corrected chi connectivity index (χ3v) is 3.81. The molecule has 19 heavy (non-hydrogen) atoms. The molecule has 4 heteroatoms. The van der Waals surface area contributed by atoms with Gasteiger partial charge in [-0.2, -0.15) is 0 Å². The predicted octanol–water partition coefficient (Wildman–Crippen LogP) is 2.45. The summed E-state index contributed by atoms with van der Waals surface area (Å²) in [7, 11) is 0. The standard InChI is InChI=1S/C15H21N3O/c1-2-7-17-13(3-1)6-8-16-10-12-4-5-14-15(9-12)19-11-18-14/h4-5,9,11,13,16-17H,1-3,6-8,10H2. The molecule has 1 aliphatic heterocycles. The van der Waals surface area contributed by atoms with E-state index in [1.54, 1.807) is 0 Å². The van der Waals surface area contributed by atoms with Crippen molar-refractivity contribution in [1.29, 1.82) is 0 Å². The molecule has 1 unspecified atom stereocenters. The molecule has 3 rings (SSSR count). The van der Waals surface area contributed by atoms with Crippen molar-refractivity contribution in [3.05, 3.63) is 30.2 Å². The maximum atomic E-state index is 5.31. The molecule has 2 N–H and O–H groups in total. The molecule has 2 heterocycles. The van der Waals surface area contributed by atoms with Gasteiger partial charge in [-0.05, 0) is 50.0 Å².